The lowest BCUT2D eigenvalue weighted by Gasteiger charge is -2.34. The van der Waals surface area contributed by atoms with Crippen molar-refractivity contribution < 1.29 is 0 Å². The van der Waals surface area contributed by atoms with E-state index in [1.54, 1.807) is 0 Å². The second kappa shape index (κ2) is 12.0. The van der Waals surface area contributed by atoms with Gasteiger partial charge in [0.2, 0.25) is 0 Å². The van der Waals surface area contributed by atoms with Crippen molar-refractivity contribution in [2.75, 3.05) is 45.1 Å². The molecule has 0 N–H and O–H groups in total. The first-order valence-corrected chi connectivity index (χ1v) is 8.91. The van der Waals surface area contributed by atoms with Crippen LogP contribution in [0.25, 0.3) is 0 Å². The number of hydrogen-bond donors (Lipinski definition) is 0. The molecule has 0 radical (unpaired) electrons. The highest BCUT2D eigenvalue weighted by Gasteiger charge is 2.15. The molecule has 19 heavy (non-hydrogen) atoms. The van der Waals surface area contributed by atoms with Crippen molar-refractivity contribution in [3.05, 3.63) is 0 Å². The van der Waals surface area contributed by atoms with Crippen LogP contribution in [-0.2, 0) is 0 Å². The van der Waals surface area contributed by atoms with E-state index in [0.717, 1.165) is 12.4 Å². The highest BCUT2D eigenvalue weighted by Crippen LogP contribution is 2.09. The maximum atomic E-state index is 5.78. The van der Waals surface area contributed by atoms with E-state index >= 15 is 0 Å². The molecular weight excluding hydrogens is 256 g/mol. The Morgan fingerprint density at radius 3 is 1.68 bits per heavy atom. The molecule has 1 heterocycles. The Kier molecular flexibility index (Phi) is 10.9. The quantitative estimate of drug-likeness (QED) is 0.419. The van der Waals surface area contributed by atoms with Crippen LogP contribution >= 0.6 is 11.6 Å². The van der Waals surface area contributed by atoms with Gasteiger partial charge in [0.05, 0.1) is 0 Å². The topological polar surface area (TPSA) is 6.48 Å². The van der Waals surface area contributed by atoms with Gasteiger partial charge in [-0.15, -0.1) is 11.6 Å². The van der Waals surface area contributed by atoms with Crippen LogP contribution in [-0.4, -0.2) is 54.9 Å². The fraction of sp³-hybridized carbons (Fsp3) is 1.00. The van der Waals surface area contributed by atoms with Crippen LogP contribution < -0.4 is 0 Å². The van der Waals surface area contributed by atoms with Crippen molar-refractivity contribution in [2.45, 2.75) is 58.3 Å². The van der Waals surface area contributed by atoms with Gasteiger partial charge >= 0.3 is 0 Å². The van der Waals surface area contributed by atoms with Gasteiger partial charge in [0.25, 0.3) is 0 Å². The molecule has 1 fully saturated rings. The Hall–Kier alpha value is 0.210. The number of piperazine rings is 1. The van der Waals surface area contributed by atoms with Crippen LogP contribution in [0.2, 0.25) is 0 Å². The summed E-state index contributed by atoms with van der Waals surface area (Å²) in [6, 6.07) is 0. The average Bonchev–Trinajstić information content (AvgIpc) is 2.44. The lowest BCUT2D eigenvalue weighted by Crippen LogP contribution is -2.47. The fourth-order valence-electron chi connectivity index (χ4n) is 2.83. The molecule has 0 unspecified atom stereocenters. The summed E-state index contributed by atoms with van der Waals surface area (Å²) in [4.78, 5) is 5.11. The van der Waals surface area contributed by atoms with Gasteiger partial charge in [-0.1, -0.05) is 51.9 Å². The summed E-state index contributed by atoms with van der Waals surface area (Å²) in [5.41, 5.74) is 0. The van der Waals surface area contributed by atoms with Crippen LogP contribution in [0.5, 0.6) is 0 Å². The van der Waals surface area contributed by atoms with Crippen LogP contribution in [0, 0.1) is 0 Å². The van der Waals surface area contributed by atoms with E-state index in [1.165, 1.54) is 84.1 Å². The van der Waals surface area contributed by atoms with Gasteiger partial charge in [0.1, 0.15) is 0 Å². The summed E-state index contributed by atoms with van der Waals surface area (Å²) in [5, 5.41) is 0. The lowest BCUT2D eigenvalue weighted by atomic mass is 10.1. The van der Waals surface area contributed by atoms with Crippen molar-refractivity contribution in [1.82, 2.24) is 9.80 Å². The molecule has 0 aromatic carbocycles. The van der Waals surface area contributed by atoms with Gasteiger partial charge in [0, 0.05) is 38.6 Å². The third-order valence-corrected chi connectivity index (χ3v) is 4.36. The van der Waals surface area contributed by atoms with Gasteiger partial charge in [0.15, 0.2) is 0 Å². The van der Waals surface area contributed by atoms with Crippen LogP contribution in [0.15, 0.2) is 0 Å². The Bertz CT molecular complexity index is 191. The second-order valence-electron chi connectivity index (χ2n) is 5.85. The van der Waals surface area contributed by atoms with E-state index in [-0.39, 0.29) is 0 Å². The number of nitrogens with zero attached hydrogens (tertiary/aromatic N) is 2. The molecule has 3 heteroatoms. The Balaban J connectivity index is 1.85. The minimum absolute atomic E-state index is 0.776. The first kappa shape index (κ1) is 17.3. The molecule has 0 amide bonds. The Morgan fingerprint density at radius 1 is 0.684 bits per heavy atom. The monoisotopic (exact) mass is 288 g/mol. The molecule has 1 rings (SSSR count). The van der Waals surface area contributed by atoms with Gasteiger partial charge in [-0.25, -0.2) is 0 Å². The molecule has 114 valence electrons. The van der Waals surface area contributed by atoms with Crippen molar-refractivity contribution in [1.29, 1.82) is 0 Å². The third kappa shape index (κ3) is 8.88. The van der Waals surface area contributed by atoms with E-state index in [1.807, 2.05) is 0 Å². The molecule has 1 aliphatic rings. The molecule has 0 aliphatic carbocycles. The van der Waals surface area contributed by atoms with E-state index in [4.69, 9.17) is 11.6 Å². The van der Waals surface area contributed by atoms with Crippen molar-refractivity contribution >= 4 is 11.6 Å². The predicted molar refractivity (Wildman–Crippen MR) is 86.2 cm³/mol. The standard InChI is InChI=1S/C16H33ClN2/c1-2-3-4-5-6-7-8-9-11-18-13-15-19(12-10-17)16-14-18/h2-16H2,1H3. The molecule has 0 spiro atoms. The minimum atomic E-state index is 0.776. The Morgan fingerprint density at radius 2 is 1.16 bits per heavy atom. The first-order valence-electron chi connectivity index (χ1n) is 8.37. The summed E-state index contributed by atoms with van der Waals surface area (Å²) >= 11 is 5.78. The van der Waals surface area contributed by atoms with Crippen molar-refractivity contribution in [3.8, 4) is 0 Å². The first-order chi connectivity index (χ1) is 9.36. The minimum Gasteiger partial charge on any atom is -0.301 e. The number of hydrogen-bond acceptors (Lipinski definition) is 2. The highest BCUT2D eigenvalue weighted by molar-refractivity contribution is 6.18. The normalized spacial score (nSPS) is 18.0. The summed E-state index contributed by atoms with van der Waals surface area (Å²) in [6.07, 6.45) is 11.4. The Labute approximate surface area is 125 Å². The highest BCUT2D eigenvalue weighted by atomic mass is 35.5. The van der Waals surface area contributed by atoms with Gasteiger partial charge in [-0.2, -0.15) is 0 Å². The van der Waals surface area contributed by atoms with E-state index in [9.17, 15) is 0 Å². The van der Waals surface area contributed by atoms with E-state index < -0.39 is 0 Å². The van der Waals surface area contributed by atoms with Gasteiger partial charge in [-0.3, -0.25) is 4.90 Å². The zero-order valence-electron chi connectivity index (χ0n) is 12.9. The molecule has 0 aromatic rings. The number of halogens is 1. The molecule has 0 atom stereocenters. The number of unbranched alkanes of at least 4 members (excludes halogenated alkanes) is 7. The van der Waals surface area contributed by atoms with Crippen LogP contribution in [0.4, 0.5) is 0 Å². The van der Waals surface area contributed by atoms with Crippen LogP contribution in [0.1, 0.15) is 58.3 Å². The average molecular weight is 289 g/mol. The lowest BCUT2D eigenvalue weighted by molar-refractivity contribution is 0.136. The predicted octanol–water partition coefficient (Wildman–Crippen LogP) is 3.98. The smallest absolute Gasteiger partial charge is 0.0351 e. The zero-order chi connectivity index (χ0) is 13.8. The molecule has 0 saturated carbocycles. The summed E-state index contributed by atoms with van der Waals surface area (Å²) in [5.74, 6) is 0.776. The summed E-state index contributed by atoms with van der Waals surface area (Å²) < 4.78 is 0. The van der Waals surface area contributed by atoms with Crippen LogP contribution in [0.3, 0.4) is 0 Å². The molecule has 1 saturated heterocycles. The van der Waals surface area contributed by atoms with Gasteiger partial charge < -0.3 is 4.90 Å². The summed E-state index contributed by atoms with van der Waals surface area (Å²) in [7, 11) is 0. The maximum absolute atomic E-state index is 5.78. The molecule has 1 aliphatic heterocycles. The molecule has 0 aromatic heterocycles. The molecule has 2 nitrogen and oxygen atoms in total. The fourth-order valence-corrected chi connectivity index (χ4v) is 3.06. The zero-order valence-corrected chi connectivity index (χ0v) is 13.6. The number of rotatable bonds is 11. The van der Waals surface area contributed by atoms with E-state index in [2.05, 4.69) is 16.7 Å². The van der Waals surface area contributed by atoms with Crippen molar-refractivity contribution in [2.24, 2.45) is 0 Å². The maximum Gasteiger partial charge on any atom is 0.0351 e. The van der Waals surface area contributed by atoms with Crippen molar-refractivity contribution in [3.63, 3.8) is 0 Å². The third-order valence-electron chi connectivity index (χ3n) is 4.19. The molecular formula is C16H33ClN2. The van der Waals surface area contributed by atoms with E-state index in [0.29, 0.717) is 0 Å². The largest absolute Gasteiger partial charge is 0.301 e. The number of alkyl halides is 1. The second-order valence-corrected chi connectivity index (χ2v) is 6.23. The van der Waals surface area contributed by atoms with Gasteiger partial charge in [-0.05, 0) is 13.0 Å². The SMILES string of the molecule is CCCCCCCCCCN1CCN(CCCl)CC1. The molecule has 0 bridgehead atoms. The summed E-state index contributed by atoms with van der Waals surface area (Å²) in [6.45, 7) is 9.57.